The normalized spacial score (nSPS) is 16.3. The molecule has 1 aromatic heterocycles. The van der Waals surface area contributed by atoms with E-state index >= 15 is 4.39 Å². The Morgan fingerprint density at radius 2 is 1.58 bits per heavy atom. The summed E-state index contributed by atoms with van der Waals surface area (Å²) in [7, 11) is 0. The number of ether oxygens (including phenoxy) is 2. The molecule has 0 radical (unpaired) electrons. The van der Waals surface area contributed by atoms with Crippen LogP contribution in [0.25, 0.3) is 0 Å². The Morgan fingerprint density at radius 1 is 0.833 bits per heavy atom. The molecule has 36 heavy (non-hydrogen) atoms. The van der Waals surface area contributed by atoms with E-state index in [1.165, 1.54) is 12.1 Å². The number of piperazine rings is 1. The van der Waals surface area contributed by atoms with Crippen LogP contribution in [0.2, 0.25) is 0 Å². The fourth-order valence-electron chi connectivity index (χ4n) is 4.86. The van der Waals surface area contributed by atoms with Crippen LogP contribution in [0.4, 0.5) is 14.5 Å². The topological polar surface area (TPSA) is 68.5 Å². The zero-order valence-corrected chi connectivity index (χ0v) is 19.4. The third-order valence-electron chi connectivity index (χ3n) is 6.65. The average Bonchev–Trinajstić information content (AvgIpc) is 3.56. The second kappa shape index (κ2) is 9.54. The molecule has 3 aromatic carbocycles. The van der Waals surface area contributed by atoms with E-state index in [2.05, 4.69) is 20.4 Å². The fraction of sp³-hybridized carbons (Fsp3) is 0.269. The Morgan fingerprint density at radius 3 is 2.39 bits per heavy atom. The molecule has 4 aromatic rings. The van der Waals surface area contributed by atoms with E-state index in [9.17, 15) is 4.39 Å². The fourth-order valence-corrected chi connectivity index (χ4v) is 4.86. The van der Waals surface area contributed by atoms with E-state index < -0.39 is 6.04 Å². The summed E-state index contributed by atoms with van der Waals surface area (Å²) in [4.78, 5) is 4.16. The molecule has 184 valence electrons. The molecule has 6 rings (SSSR count). The zero-order valence-electron chi connectivity index (χ0n) is 19.4. The first-order valence-corrected chi connectivity index (χ1v) is 11.8. The number of para-hydroxylation sites is 1. The summed E-state index contributed by atoms with van der Waals surface area (Å²) in [5.41, 5.74) is 2.01. The lowest BCUT2D eigenvalue weighted by molar-refractivity contribution is 0.174. The van der Waals surface area contributed by atoms with Crippen molar-refractivity contribution in [2.24, 2.45) is 0 Å². The van der Waals surface area contributed by atoms with Crippen LogP contribution in [0.1, 0.15) is 23.0 Å². The summed E-state index contributed by atoms with van der Waals surface area (Å²) in [6, 6.07) is 18.7. The third-order valence-corrected chi connectivity index (χ3v) is 6.65. The number of hydrogen-bond donors (Lipinski definition) is 0. The molecule has 1 saturated heterocycles. The number of aromatic nitrogens is 4. The van der Waals surface area contributed by atoms with Crippen molar-refractivity contribution in [2.45, 2.75) is 12.6 Å². The molecule has 2 aliphatic heterocycles. The van der Waals surface area contributed by atoms with Crippen molar-refractivity contribution < 1.29 is 18.3 Å². The molecule has 0 unspecified atom stereocenters. The van der Waals surface area contributed by atoms with E-state index in [1.807, 2.05) is 35.2 Å². The molecule has 0 spiro atoms. The minimum Gasteiger partial charge on any atom is -0.454 e. The van der Waals surface area contributed by atoms with Crippen LogP contribution < -0.4 is 14.4 Å². The average molecular weight is 491 g/mol. The summed E-state index contributed by atoms with van der Waals surface area (Å²) in [6.07, 6.45) is 0. The first kappa shape index (κ1) is 22.4. The summed E-state index contributed by atoms with van der Waals surface area (Å²) in [6.45, 7) is 2.95. The van der Waals surface area contributed by atoms with Gasteiger partial charge in [-0.15, -0.1) is 5.10 Å². The van der Waals surface area contributed by atoms with Gasteiger partial charge in [0.25, 0.3) is 0 Å². The second-order valence-electron chi connectivity index (χ2n) is 8.78. The molecule has 2 aliphatic rings. The van der Waals surface area contributed by atoms with Crippen LogP contribution in [0.5, 0.6) is 11.5 Å². The van der Waals surface area contributed by atoms with Crippen LogP contribution >= 0.6 is 0 Å². The van der Waals surface area contributed by atoms with Gasteiger partial charge in [0.05, 0.1) is 12.2 Å². The molecule has 0 N–H and O–H groups in total. The highest BCUT2D eigenvalue weighted by Crippen LogP contribution is 2.34. The second-order valence-corrected chi connectivity index (χ2v) is 8.78. The SMILES string of the molecule is Fc1ccccc1[C@H](c1nnnn1Cc1ccc2c(c1)OCO2)N1CCN(c2ccccc2F)CC1. The van der Waals surface area contributed by atoms with Crippen LogP contribution in [-0.2, 0) is 6.54 Å². The highest BCUT2D eigenvalue weighted by atomic mass is 19.1. The van der Waals surface area contributed by atoms with Crippen molar-refractivity contribution in [3.63, 3.8) is 0 Å². The number of benzene rings is 3. The Hall–Kier alpha value is -4.05. The van der Waals surface area contributed by atoms with Gasteiger partial charge < -0.3 is 14.4 Å². The predicted molar refractivity (Wildman–Crippen MR) is 128 cm³/mol. The molecule has 1 atom stereocenters. The maximum atomic E-state index is 15.1. The van der Waals surface area contributed by atoms with Gasteiger partial charge in [0.2, 0.25) is 6.79 Å². The number of tetrazole rings is 1. The van der Waals surface area contributed by atoms with E-state index in [-0.39, 0.29) is 18.4 Å². The molecule has 0 saturated carbocycles. The molecule has 1 fully saturated rings. The monoisotopic (exact) mass is 490 g/mol. The first-order chi connectivity index (χ1) is 17.7. The quantitative estimate of drug-likeness (QED) is 0.409. The van der Waals surface area contributed by atoms with Gasteiger partial charge in [0.15, 0.2) is 17.3 Å². The van der Waals surface area contributed by atoms with Gasteiger partial charge in [-0.2, -0.15) is 0 Å². The molecular weight excluding hydrogens is 466 g/mol. The largest absolute Gasteiger partial charge is 0.454 e. The summed E-state index contributed by atoms with van der Waals surface area (Å²) in [5, 5.41) is 12.5. The Bertz CT molecular complexity index is 1370. The number of anilines is 1. The molecule has 0 bridgehead atoms. The highest BCUT2D eigenvalue weighted by molar-refractivity contribution is 5.48. The summed E-state index contributed by atoms with van der Waals surface area (Å²) < 4.78 is 42.1. The Kier molecular flexibility index (Phi) is 5.94. The summed E-state index contributed by atoms with van der Waals surface area (Å²) >= 11 is 0. The standard InChI is InChI=1S/C26H24F2N6O2/c27-20-6-2-1-5-19(20)25(33-13-11-32(12-14-33)22-8-4-3-7-21(22)28)26-29-30-31-34(26)16-18-9-10-23-24(15-18)36-17-35-23/h1-10,15,25H,11-14,16-17H2/t25-/m1/s1. The number of halogens is 2. The highest BCUT2D eigenvalue weighted by Gasteiger charge is 2.33. The van der Waals surface area contributed by atoms with Crippen molar-refractivity contribution in [3.8, 4) is 11.5 Å². The third kappa shape index (κ3) is 4.24. The maximum absolute atomic E-state index is 15.1. The van der Waals surface area contributed by atoms with E-state index in [4.69, 9.17) is 9.47 Å². The van der Waals surface area contributed by atoms with Crippen LogP contribution in [0.15, 0.2) is 66.7 Å². The van der Waals surface area contributed by atoms with Gasteiger partial charge in [0, 0.05) is 31.7 Å². The lowest BCUT2D eigenvalue weighted by atomic mass is 10.0. The van der Waals surface area contributed by atoms with Crippen LogP contribution in [-0.4, -0.2) is 58.1 Å². The van der Waals surface area contributed by atoms with Gasteiger partial charge in [-0.25, -0.2) is 13.5 Å². The molecular formula is C26H24F2N6O2. The number of fused-ring (bicyclic) bond motifs is 1. The Balaban J connectivity index is 1.30. The van der Waals surface area contributed by atoms with Crippen molar-refractivity contribution in [2.75, 3.05) is 37.9 Å². The van der Waals surface area contributed by atoms with Crippen molar-refractivity contribution in [1.82, 2.24) is 25.1 Å². The van der Waals surface area contributed by atoms with Crippen molar-refractivity contribution in [3.05, 3.63) is 95.3 Å². The van der Waals surface area contributed by atoms with Crippen molar-refractivity contribution >= 4 is 5.69 Å². The number of rotatable bonds is 6. The molecule has 0 aliphatic carbocycles. The molecule has 3 heterocycles. The number of hydrogen-bond acceptors (Lipinski definition) is 7. The molecule has 10 heteroatoms. The van der Waals surface area contributed by atoms with Gasteiger partial charge in [-0.3, -0.25) is 4.90 Å². The predicted octanol–water partition coefficient (Wildman–Crippen LogP) is 3.64. The van der Waals surface area contributed by atoms with Crippen LogP contribution in [0.3, 0.4) is 0 Å². The molecule has 0 amide bonds. The van der Waals surface area contributed by atoms with E-state index in [0.29, 0.717) is 61.3 Å². The van der Waals surface area contributed by atoms with E-state index in [1.54, 1.807) is 28.9 Å². The summed E-state index contributed by atoms with van der Waals surface area (Å²) in [5.74, 6) is 1.35. The lowest BCUT2D eigenvalue weighted by Gasteiger charge is -2.40. The Labute approximate surface area is 206 Å². The van der Waals surface area contributed by atoms with Crippen LogP contribution in [0, 0.1) is 11.6 Å². The molecule has 8 nitrogen and oxygen atoms in total. The van der Waals surface area contributed by atoms with Gasteiger partial charge in [-0.1, -0.05) is 36.4 Å². The smallest absolute Gasteiger partial charge is 0.231 e. The van der Waals surface area contributed by atoms with Gasteiger partial charge in [-0.05, 0) is 46.3 Å². The van der Waals surface area contributed by atoms with E-state index in [0.717, 1.165) is 5.56 Å². The first-order valence-electron chi connectivity index (χ1n) is 11.8. The zero-order chi connectivity index (χ0) is 24.5. The minimum absolute atomic E-state index is 0.198. The maximum Gasteiger partial charge on any atom is 0.231 e. The van der Waals surface area contributed by atoms with Crippen molar-refractivity contribution in [1.29, 1.82) is 0 Å². The lowest BCUT2D eigenvalue weighted by Crippen LogP contribution is -2.48. The van der Waals surface area contributed by atoms with Gasteiger partial charge >= 0.3 is 0 Å². The number of nitrogens with zero attached hydrogens (tertiary/aromatic N) is 6. The van der Waals surface area contributed by atoms with Gasteiger partial charge in [0.1, 0.15) is 17.7 Å². The minimum atomic E-state index is -0.502.